The van der Waals surface area contributed by atoms with Gasteiger partial charge in [0.1, 0.15) is 11.4 Å². The summed E-state index contributed by atoms with van der Waals surface area (Å²) < 4.78 is 12.2. The highest BCUT2D eigenvalue weighted by atomic mass is 28.4. The summed E-state index contributed by atoms with van der Waals surface area (Å²) in [5.74, 6) is 0.976. The van der Waals surface area contributed by atoms with E-state index in [2.05, 4.69) is 69.7 Å². The second-order valence-electron chi connectivity index (χ2n) is 8.33. The molecule has 0 aliphatic rings. The third kappa shape index (κ3) is 3.89. The molecule has 0 amide bonds. The van der Waals surface area contributed by atoms with Crippen LogP contribution in [0.1, 0.15) is 47.4 Å². The van der Waals surface area contributed by atoms with E-state index in [9.17, 15) is 0 Å². The monoisotopic (exact) mass is 384 g/mol. The molecule has 1 N–H and O–H groups in total. The second-order valence-corrected chi connectivity index (χ2v) is 13.8. The van der Waals surface area contributed by atoms with Crippen LogP contribution in [0.25, 0.3) is 22.2 Å². The number of imidazole rings is 1. The van der Waals surface area contributed by atoms with Gasteiger partial charge in [-0.2, -0.15) is 0 Å². The summed E-state index contributed by atoms with van der Waals surface area (Å²) in [5.41, 5.74) is 4.81. The van der Waals surface area contributed by atoms with Gasteiger partial charge in [-0.15, -0.1) is 0 Å². The van der Waals surface area contributed by atoms with E-state index in [-0.39, 0.29) is 0 Å². The summed E-state index contributed by atoms with van der Waals surface area (Å²) in [6, 6.07) is 8.20. The minimum atomic E-state index is -1.82. The van der Waals surface area contributed by atoms with Crippen molar-refractivity contribution < 1.29 is 8.84 Å². The summed E-state index contributed by atoms with van der Waals surface area (Å²) in [7, 11) is -1.82. The third-order valence-electron chi connectivity index (χ3n) is 5.79. The summed E-state index contributed by atoms with van der Waals surface area (Å²) in [5, 5.41) is 1.12. The van der Waals surface area contributed by atoms with Crippen molar-refractivity contribution in [1.29, 1.82) is 0 Å². The molecule has 1 aromatic carbocycles. The molecule has 3 rings (SSSR count). The van der Waals surface area contributed by atoms with Gasteiger partial charge in [0.2, 0.25) is 0 Å². The molecule has 0 unspecified atom stereocenters. The number of hydrogen-bond acceptors (Lipinski definition) is 3. The lowest BCUT2D eigenvalue weighted by Crippen LogP contribution is -2.48. The summed E-state index contributed by atoms with van der Waals surface area (Å²) in [6.07, 6.45) is 4.43. The molecule has 0 bridgehead atoms. The van der Waals surface area contributed by atoms with Crippen LogP contribution in [0.3, 0.4) is 0 Å². The number of nitrogens with one attached hydrogen (secondary N) is 1. The lowest BCUT2D eigenvalue weighted by atomic mass is 10.1. The zero-order chi connectivity index (χ0) is 19.6. The Labute approximate surface area is 163 Å². The summed E-state index contributed by atoms with van der Waals surface area (Å²) in [4.78, 5) is 8.01. The number of rotatable bonds is 8. The van der Waals surface area contributed by atoms with Crippen molar-refractivity contribution in [3.63, 3.8) is 0 Å². The van der Waals surface area contributed by atoms with Gasteiger partial charge >= 0.3 is 0 Å². The van der Waals surface area contributed by atoms with Crippen molar-refractivity contribution in [1.82, 2.24) is 9.97 Å². The number of nitrogens with zero attached hydrogens (tertiary/aromatic N) is 1. The molecule has 0 saturated heterocycles. The molecule has 0 aliphatic carbocycles. The molecule has 0 saturated carbocycles. The molecule has 4 nitrogen and oxygen atoms in total. The van der Waals surface area contributed by atoms with Crippen molar-refractivity contribution in [2.45, 2.75) is 64.6 Å². The minimum Gasteiger partial charge on any atom is -0.464 e. The Bertz CT molecular complexity index is 857. The summed E-state index contributed by atoms with van der Waals surface area (Å²) in [6.45, 7) is 14.7. The molecule has 0 aliphatic heterocycles. The highest BCUT2D eigenvalue weighted by molar-refractivity contribution is 6.77. The fraction of sp³-hybridized carbons (Fsp3) is 0.500. The number of fused-ring (bicyclic) bond motifs is 1. The zero-order valence-corrected chi connectivity index (χ0v) is 18.4. The first-order chi connectivity index (χ1) is 12.8. The van der Waals surface area contributed by atoms with E-state index in [1.54, 1.807) is 6.26 Å². The number of H-pyrrole nitrogens is 1. The number of benzene rings is 1. The number of aromatic amines is 1. The predicted molar refractivity (Wildman–Crippen MR) is 114 cm³/mol. The first kappa shape index (κ1) is 19.9. The molecular formula is C22H32N2O2Si. The lowest BCUT2D eigenvalue weighted by Gasteiger charge is -2.42. The molecule has 27 heavy (non-hydrogen) atoms. The van der Waals surface area contributed by atoms with Gasteiger partial charge in [0.05, 0.1) is 18.2 Å². The zero-order valence-electron chi connectivity index (χ0n) is 17.4. The van der Waals surface area contributed by atoms with E-state index in [1.807, 2.05) is 12.3 Å². The van der Waals surface area contributed by atoms with Crippen molar-refractivity contribution >= 4 is 19.3 Å². The van der Waals surface area contributed by atoms with E-state index in [4.69, 9.17) is 8.84 Å². The van der Waals surface area contributed by atoms with E-state index < -0.39 is 8.32 Å². The normalized spacial score (nSPS) is 12.8. The minimum absolute atomic E-state index is 0.602. The maximum absolute atomic E-state index is 6.64. The Morgan fingerprint density at radius 1 is 1.04 bits per heavy atom. The first-order valence-corrected chi connectivity index (χ1v) is 12.1. The van der Waals surface area contributed by atoms with Crippen molar-refractivity contribution in [3.8, 4) is 11.3 Å². The van der Waals surface area contributed by atoms with Crippen LogP contribution in [0.15, 0.2) is 41.1 Å². The standard InChI is InChI=1S/C22H32N2O2Si/c1-15(2)27(16(3)4,17(5)6)26-12-10-22-23-14-20(24-22)19-8-7-18-9-11-25-21(18)13-19/h7-9,11,13-17H,10,12H2,1-6H3,(H,23,24). The van der Waals surface area contributed by atoms with E-state index in [0.717, 1.165) is 41.1 Å². The van der Waals surface area contributed by atoms with Crippen LogP contribution in [0.4, 0.5) is 0 Å². The molecule has 2 heterocycles. The molecule has 146 valence electrons. The largest absolute Gasteiger partial charge is 0.464 e. The fourth-order valence-electron chi connectivity index (χ4n) is 4.58. The maximum Gasteiger partial charge on any atom is 0.200 e. The molecule has 0 fully saturated rings. The van der Waals surface area contributed by atoms with Crippen molar-refractivity contribution in [3.05, 3.63) is 42.5 Å². The number of furan rings is 1. The Kier molecular flexibility index (Phi) is 5.91. The Balaban J connectivity index is 1.68. The summed E-state index contributed by atoms with van der Waals surface area (Å²) >= 11 is 0. The van der Waals surface area contributed by atoms with Gasteiger partial charge in [-0.25, -0.2) is 4.98 Å². The predicted octanol–water partition coefficient (Wildman–Crippen LogP) is 6.56. The van der Waals surface area contributed by atoms with Crippen molar-refractivity contribution in [2.75, 3.05) is 6.61 Å². The Morgan fingerprint density at radius 3 is 2.41 bits per heavy atom. The van der Waals surface area contributed by atoms with Gasteiger partial charge < -0.3 is 13.8 Å². The van der Waals surface area contributed by atoms with Gasteiger partial charge in [0, 0.05) is 24.0 Å². The van der Waals surface area contributed by atoms with Crippen LogP contribution >= 0.6 is 0 Å². The van der Waals surface area contributed by atoms with E-state index in [0.29, 0.717) is 16.6 Å². The molecule has 0 spiro atoms. The average molecular weight is 385 g/mol. The van der Waals surface area contributed by atoms with Crippen LogP contribution in [0.2, 0.25) is 16.6 Å². The highest BCUT2D eigenvalue weighted by Gasteiger charge is 2.44. The SMILES string of the molecule is CC(C)[Si](OCCc1ncc(-c2ccc3ccoc3c2)[nH]1)(C(C)C)C(C)C. The van der Waals surface area contributed by atoms with E-state index in [1.165, 1.54) is 0 Å². The average Bonchev–Trinajstić information content (AvgIpc) is 3.26. The van der Waals surface area contributed by atoms with Gasteiger partial charge in [0.15, 0.2) is 8.32 Å². The highest BCUT2D eigenvalue weighted by Crippen LogP contribution is 2.42. The van der Waals surface area contributed by atoms with E-state index >= 15 is 0 Å². The fourth-order valence-corrected chi connectivity index (χ4v) is 10.0. The van der Waals surface area contributed by atoms with Crippen LogP contribution in [0, 0.1) is 0 Å². The van der Waals surface area contributed by atoms with Crippen LogP contribution < -0.4 is 0 Å². The molecule has 0 atom stereocenters. The number of aromatic nitrogens is 2. The molecular weight excluding hydrogens is 352 g/mol. The number of hydrogen-bond donors (Lipinski definition) is 1. The van der Waals surface area contributed by atoms with Gasteiger partial charge in [-0.05, 0) is 28.8 Å². The molecule has 3 aromatic rings. The van der Waals surface area contributed by atoms with Crippen molar-refractivity contribution in [2.24, 2.45) is 0 Å². The Morgan fingerprint density at radius 2 is 1.74 bits per heavy atom. The third-order valence-corrected chi connectivity index (χ3v) is 11.9. The van der Waals surface area contributed by atoms with Crippen LogP contribution in [-0.4, -0.2) is 24.9 Å². The molecule has 2 aromatic heterocycles. The second kappa shape index (κ2) is 8.03. The van der Waals surface area contributed by atoms with Gasteiger partial charge in [0.25, 0.3) is 0 Å². The van der Waals surface area contributed by atoms with Gasteiger partial charge in [-0.1, -0.05) is 53.7 Å². The van der Waals surface area contributed by atoms with Crippen LogP contribution in [-0.2, 0) is 10.8 Å². The molecule has 0 radical (unpaired) electrons. The quantitative estimate of drug-likeness (QED) is 0.448. The topological polar surface area (TPSA) is 51.1 Å². The lowest BCUT2D eigenvalue weighted by molar-refractivity contribution is 0.279. The van der Waals surface area contributed by atoms with Crippen LogP contribution in [0.5, 0.6) is 0 Å². The van der Waals surface area contributed by atoms with Gasteiger partial charge in [-0.3, -0.25) is 0 Å². The smallest absolute Gasteiger partial charge is 0.200 e. The maximum atomic E-state index is 6.64. The molecule has 5 heteroatoms. The Hall–Kier alpha value is -1.85. The first-order valence-electron chi connectivity index (χ1n) is 10.00.